The molecular weight excluding hydrogens is 124 g/mol. The van der Waals surface area contributed by atoms with Gasteiger partial charge < -0.3 is 0 Å². The zero-order valence-corrected chi connectivity index (χ0v) is 5.49. The molecule has 2 nitrogen and oxygen atoms in total. The SMILES string of the molecule is C1=CCC2=CN=C[N]C2=C1. The zero-order chi connectivity index (χ0) is 6.81. The molecule has 1 radical (unpaired) electrons. The normalized spacial score (nSPS) is 20.8. The number of allylic oxidation sites excluding steroid dienone is 4. The molecule has 49 valence electrons. The molecule has 0 N–H and O–H groups in total. The lowest BCUT2D eigenvalue weighted by Gasteiger charge is -2.12. The molecule has 0 saturated heterocycles. The molecule has 1 aliphatic carbocycles. The summed E-state index contributed by atoms with van der Waals surface area (Å²) in [5.74, 6) is 0. The van der Waals surface area contributed by atoms with Crippen molar-refractivity contribution < 1.29 is 0 Å². The second-order valence-corrected chi connectivity index (χ2v) is 2.23. The number of hydrogen-bond acceptors (Lipinski definition) is 1. The average Bonchev–Trinajstić information content (AvgIpc) is 2.05. The fraction of sp³-hybridized carbons (Fsp3) is 0.125. The first kappa shape index (κ1) is 5.47. The van der Waals surface area contributed by atoms with Crippen molar-refractivity contribution in [3.05, 3.63) is 35.7 Å². The van der Waals surface area contributed by atoms with Crippen molar-refractivity contribution in [3.8, 4) is 0 Å². The molecule has 0 aromatic heterocycles. The third-order valence-electron chi connectivity index (χ3n) is 1.55. The Morgan fingerprint density at radius 1 is 1.40 bits per heavy atom. The highest BCUT2D eigenvalue weighted by Gasteiger charge is 2.08. The van der Waals surface area contributed by atoms with E-state index in [0.29, 0.717) is 0 Å². The molecule has 0 unspecified atom stereocenters. The Morgan fingerprint density at radius 3 is 3.30 bits per heavy atom. The van der Waals surface area contributed by atoms with Crippen LogP contribution in [-0.4, -0.2) is 6.34 Å². The molecule has 0 fully saturated rings. The Balaban J connectivity index is 2.38. The van der Waals surface area contributed by atoms with Crippen LogP contribution in [0.2, 0.25) is 0 Å². The van der Waals surface area contributed by atoms with E-state index in [-0.39, 0.29) is 0 Å². The summed E-state index contributed by atoms with van der Waals surface area (Å²) < 4.78 is 0. The van der Waals surface area contributed by atoms with Crippen molar-refractivity contribution >= 4 is 6.34 Å². The van der Waals surface area contributed by atoms with E-state index in [4.69, 9.17) is 0 Å². The van der Waals surface area contributed by atoms with E-state index in [9.17, 15) is 0 Å². The van der Waals surface area contributed by atoms with Gasteiger partial charge in [0.1, 0.15) is 6.34 Å². The number of rotatable bonds is 0. The molecule has 0 spiro atoms. The van der Waals surface area contributed by atoms with Crippen molar-refractivity contribution in [3.63, 3.8) is 0 Å². The van der Waals surface area contributed by atoms with E-state index in [2.05, 4.69) is 16.4 Å². The van der Waals surface area contributed by atoms with Crippen LogP contribution in [0.5, 0.6) is 0 Å². The number of fused-ring (bicyclic) bond motifs is 1. The molecule has 0 amide bonds. The lowest BCUT2D eigenvalue weighted by molar-refractivity contribution is 1.03. The molecular formula is C8H7N2. The minimum absolute atomic E-state index is 0.965. The summed E-state index contributed by atoms with van der Waals surface area (Å²) in [7, 11) is 0. The predicted molar refractivity (Wildman–Crippen MR) is 40.5 cm³/mol. The molecule has 0 saturated carbocycles. The van der Waals surface area contributed by atoms with E-state index in [1.54, 1.807) is 6.34 Å². The van der Waals surface area contributed by atoms with Crippen LogP contribution in [0.4, 0.5) is 0 Å². The van der Waals surface area contributed by atoms with Crippen LogP contribution < -0.4 is 5.32 Å². The molecule has 2 rings (SSSR count). The van der Waals surface area contributed by atoms with Crippen LogP contribution in [0.15, 0.2) is 40.7 Å². The summed E-state index contributed by atoms with van der Waals surface area (Å²) in [5.41, 5.74) is 2.27. The highest BCUT2D eigenvalue weighted by atomic mass is 15.0. The van der Waals surface area contributed by atoms with Crippen LogP contribution >= 0.6 is 0 Å². The predicted octanol–water partition coefficient (Wildman–Crippen LogP) is 1.36. The van der Waals surface area contributed by atoms with Gasteiger partial charge in [-0.3, -0.25) is 0 Å². The molecule has 1 heterocycles. The first-order valence-corrected chi connectivity index (χ1v) is 3.25. The van der Waals surface area contributed by atoms with E-state index >= 15 is 0 Å². The van der Waals surface area contributed by atoms with Crippen molar-refractivity contribution in [1.82, 2.24) is 5.32 Å². The minimum atomic E-state index is 0.965. The fourth-order valence-corrected chi connectivity index (χ4v) is 1.03. The highest BCUT2D eigenvalue weighted by Crippen LogP contribution is 2.19. The fourth-order valence-electron chi connectivity index (χ4n) is 1.03. The minimum Gasteiger partial charge on any atom is -0.244 e. The van der Waals surface area contributed by atoms with E-state index in [1.165, 1.54) is 5.57 Å². The van der Waals surface area contributed by atoms with Gasteiger partial charge in [-0.2, -0.15) is 0 Å². The molecule has 0 atom stereocenters. The quantitative estimate of drug-likeness (QED) is 0.474. The molecule has 0 aromatic rings. The first-order chi connectivity index (χ1) is 4.97. The Hall–Kier alpha value is -1.31. The van der Waals surface area contributed by atoms with Crippen LogP contribution in [0.25, 0.3) is 0 Å². The van der Waals surface area contributed by atoms with Gasteiger partial charge in [-0.1, -0.05) is 12.2 Å². The lowest BCUT2D eigenvalue weighted by atomic mass is 10.1. The average molecular weight is 131 g/mol. The lowest BCUT2D eigenvalue weighted by Crippen LogP contribution is -2.09. The first-order valence-electron chi connectivity index (χ1n) is 3.25. The van der Waals surface area contributed by atoms with Crippen molar-refractivity contribution in [2.24, 2.45) is 4.99 Å². The summed E-state index contributed by atoms with van der Waals surface area (Å²) in [6.07, 6.45) is 10.5. The largest absolute Gasteiger partial charge is 0.244 e. The topological polar surface area (TPSA) is 26.5 Å². The standard InChI is InChI=1S/C8H7N2/c1-2-4-8-7(3-1)5-9-6-10-8/h1-2,4-6H,3H2. The number of aliphatic imine (C=N–C) groups is 1. The zero-order valence-electron chi connectivity index (χ0n) is 5.49. The third-order valence-corrected chi connectivity index (χ3v) is 1.55. The maximum Gasteiger partial charge on any atom is 0.116 e. The second-order valence-electron chi connectivity index (χ2n) is 2.23. The molecule has 2 heteroatoms. The maximum atomic E-state index is 4.10. The molecule has 0 bridgehead atoms. The van der Waals surface area contributed by atoms with Gasteiger partial charge in [-0.25, -0.2) is 10.3 Å². The molecule has 10 heavy (non-hydrogen) atoms. The highest BCUT2D eigenvalue weighted by molar-refractivity contribution is 5.64. The number of nitrogens with zero attached hydrogens (tertiary/aromatic N) is 2. The van der Waals surface area contributed by atoms with Gasteiger partial charge >= 0.3 is 0 Å². The van der Waals surface area contributed by atoms with Crippen LogP contribution in [0.1, 0.15) is 6.42 Å². The van der Waals surface area contributed by atoms with Gasteiger partial charge in [-0.15, -0.1) is 0 Å². The monoisotopic (exact) mass is 131 g/mol. The summed E-state index contributed by atoms with van der Waals surface area (Å²) in [5, 5.41) is 4.10. The maximum absolute atomic E-state index is 4.10. The van der Waals surface area contributed by atoms with Crippen LogP contribution in [0, 0.1) is 0 Å². The molecule has 2 aliphatic rings. The molecule has 0 aromatic carbocycles. The molecule has 1 aliphatic heterocycles. The Morgan fingerprint density at radius 2 is 2.40 bits per heavy atom. The summed E-state index contributed by atoms with van der Waals surface area (Å²) in [4.78, 5) is 3.93. The Kier molecular flexibility index (Phi) is 1.17. The number of hydrogen-bond donors (Lipinski definition) is 0. The van der Waals surface area contributed by atoms with E-state index in [0.717, 1.165) is 12.1 Å². The van der Waals surface area contributed by atoms with Gasteiger partial charge in [0.2, 0.25) is 0 Å². The van der Waals surface area contributed by atoms with Crippen molar-refractivity contribution in [2.45, 2.75) is 6.42 Å². The Bertz CT molecular complexity index is 228. The summed E-state index contributed by atoms with van der Waals surface area (Å²) in [6.45, 7) is 0. The van der Waals surface area contributed by atoms with E-state index < -0.39 is 0 Å². The van der Waals surface area contributed by atoms with Gasteiger partial charge in [0.25, 0.3) is 0 Å². The summed E-state index contributed by atoms with van der Waals surface area (Å²) in [6, 6.07) is 0. The van der Waals surface area contributed by atoms with Gasteiger partial charge in [0.05, 0.1) is 5.70 Å². The third kappa shape index (κ3) is 0.778. The smallest absolute Gasteiger partial charge is 0.116 e. The van der Waals surface area contributed by atoms with Gasteiger partial charge in [-0.05, 0) is 18.1 Å². The van der Waals surface area contributed by atoms with Gasteiger partial charge in [0.15, 0.2) is 0 Å². The Labute approximate surface area is 59.7 Å². The van der Waals surface area contributed by atoms with Crippen LogP contribution in [-0.2, 0) is 0 Å². The van der Waals surface area contributed by atoms with Crippen LogP contribution in [0.3, 0.4) is 0 Å². The van der Waals surface area contributed by atoms with Crippen molar-refractivity contribution in [1.29, 1.82) is 0 Å². The van der Waals surface area contributed by atoms with E-state index in [1.807, 2.05) is 18.4 Å². The van der Waals surface area contributed by atoms with Crippen molar-refractivity contribution in [2.75, 3.05) is 0 Å². The summed E-state index contributed by atoms with van der Waals surface area (Å²) >= 11 is 0. The second kappa shape index (κ2) is 2.14. The van der Waals surface area contributed by atoms with Gasteiger partial charge in [0, 0.05) is 6.20 Å².